The van der Waals surface area contributed by atoms with E-state index in [-0.39, 0.29) is 23.3 Å². The Hall–Kier alpha value is -2.78. The molecule has 2 heterocycles. The largest absolute Gasteiger partial charge is 0.299 e. The molecule has 7 nitrogen and oxygen atoms in total. The fourth-order valence-electron chi connectivity index (χ4n) is 4.47. The summed E-state index contributed by atoms with van der Waals surface area (Å²) < 4.78 is 27.2. The Labute approximate surface area is 197 Å². The monoisotopic (exact) mass is 483 g/mol. The van der Waals surface area contributed by atoms with Gasteiger partial charge in [0.1, 0.15) is 0 Å². The number of benzene rings is 3. The number of imide groups is 1. The zero-order valence-corrected chi connectivity index (χ0v) is 19.3. The van der Waals surface area contributed by atoms with Crippen molar-refractivity contribution >= 4 is 44.2 Å². The molecule has 0 spiro atoms. The Kier molecular flexibility index (Phi) is 5.70. The van der Waals surface area contributed by atoms with Crippen molar-refractivity contribution in [2.45, 2.75) is 4.90 Å². The summed E-state index contributed by atoms with van der Waals surface area (Å²) in [4.78, 5) is 29.7. The minimum Gasteiger partial charge on any atom is -0.299 e. The minimum absolute atomic E-state index is 0.220. The van der Waals surface area contributed by atoms with Crippen molar-refractivity contribution in [3.8, 4) is 0 Å². The van der Waals surface area contributed by atoms with E-state index in [2.05, 4.69) is 4.90 Å². The SMILES string of the molecule is O=C1c2cccc3cccc(c23)C(=O)N1CCN1CCN(S(=O)(=O)c2ccc(Cl)cc2)CC1. The van der Waals surface area contributed by atoms with E-state index in [1.54, 1.807) is 24.3 Å². The number of rotatable bonds is 5. The third kappa shape index (κ3) is 3.93. The van der Waals surface area contributed by atoms with Crippen LogP contribution >= 0.6 is 11.6 Å². The van der Waals surface area contributed by atoms with Gasteiger partial charge in [-0.3, -0.25) is 19.4 Å². The van der Waals surface area contributed by atoms with Crippen LogP contribution in [-0.2, 0) is 10.0 Å². The topological polar surface area (TPSA) is 78.0 Å². The van der Waals surface area contributed by atoms with Crippen molar-refractivity contribution in [2.24, 2.45) is 0 Å². The van der Waals surface area contributed by atoms with Crippen LogP contribution in [0.2, 0.25) is 5.02 Å². The third-order valence-corrected chi connectivity index (χ3v) is 8.44. The minimum atomic E-state index is -3.58. The Morgan fingerprint density at radius 3 is 1.91 bits per heavy atom. The fourth-order valence-corrected chi connectivity index (χ4v) is 6.02. The number of nitrogens with zero attached hydrogens (tertiary/aromatic N) is 3. The molecule has 0 N–H and O–H groups in total. The molecule has 0 radical (unpaired) electrons. The van der Waals surface area contributed by atoms with Crippen LogP contribution in [0.3, 0.4) is 0 Å². The predicted molar refractivity (Wildman–Crippen MR) is 126 cm³/mol. The van der Waals surface area contributed by atoms with E-state index >= 15 is 0 Å². The van der Waals surface area contributed by atoms with Gasteiger partial charge in [-0.05, 0) is 41.8 Å². The van der Waals surface area contributed by atoms with E-state index < -0.39 is 10.0 Å². The van der Waals surface area contributed by atoms with Gasteiger partial charge in [-0.15, -0.1) is 0 Å². The maximum Gasteiger partial charge on any atom is 0.261 e. The highest BCUT2D eigenvalue weighted by molar-refractivity contribution is 7.89. The van der Waals surface area contributed by atoms with Crippen molar-refractivity contribution in [3.05, 3.63) is 76.8 Å². The van der Waals surface area contributed by atoms with Crippen LogP contribution in [0.5, 0.6) is 0 Å². The average Bonchev–Trinajstić information content (AvgIpc) is 2.83. The number of halogens is 1. The van der Waals surface area contributed by atoms with Crippen molar-refractivity contribution in [1.82, 2.24) is 14.1 Å². The summed E-state index contributed by atoms with van der Waals surface area (Å²) in [6, 6.07) is 17.1. The maximum atomic E-state index is 13.0. The number of carbonyl (C=O) groups is 2. The maximum absolute atomic E-state index is 13.0. The summed E-state index contributed by atoms with van der Waals surface area (Å²) in [6.45, 7) is 2.48. The first kappa shape index (κ1) is 22.0. The molecular formula is C24H22ClN3O4S. The molecule has 9 heteroatoms. The number of carbonyl (C=O) groups excluding carboxylic acids is 2. The Balaban J connectivity index is 1.24. The summed E-state index contributed by atoms with van der Waals surface area (Å²) in [5.74, 6) is -0.568. The standard InChI is InChI=1S/C24H22ClN3O4S/c25-18-7-9-19(10-8-18)33(31,32)27-14-11-26(12-15-27)13-16-28-23(29)20-5-1-3-17-4-2-6-21(22(17)20)24(28)30/h1-10H,11-16H2. The van der Waals surface area contributed by atoms with E-state index in [9.17, 15) is 18.0 Å². The molecule has 0 bridgehead atoms. The molecule has 0 aliphatic carbocycles. The van der Waals surface area contributed by atoms with Gasteiger partial charge in [-0.1, -0.05) is 35.9 Å². The summed E-state index contributed by atoms with van der Waals surface area (Å²) in [7, 11) is -3.58. The smallest absolute Gasteiger partial charge is 0.261 e. The molecule has 2 aliphatic heterocycles. The molecule has 33 heavy (non-hydrogen) atoms. The molecule has 0 saturated carbocycles. The Bertz CT molecular complexity index is 1300. The highest BCUT2D eigenvalue weighted by Crippen LogP contribution is 2.30. The molecule has 1 saturated heterocycles. The molecule has 3 aromatic rings. The predicted octanol–water partition coefficient (Wildman–Crippen LogP) is 3.10. The van der Waals surface area contributed by atoms with Gasteiger partial charge in [-0.2, -0.15) is 4.31 Å². The quantitative estimate of drug-likeness (QED) is 0.521. The molecule has 0 aromatic heterocycles. The zero-order chi connectivity index (χ0) is 23.2. The van der Waals surface area contributed by atoms with Gasteiger partial charge in [0.15, 0.2) is 0 Å². The van der Waals surface area contributed by atoms with Crippen molar-refractivity contribution in [1.29, 1.82) is 0 Å². The van der Waals surface area contributed by atoms with Crippen molar-refractivity contribution in [3.63, 3.8) is 0 Å². The first-order valence-electron chi connectivity index (χ1n) is 10.7. The molecule has 2 aliphatic rings. The molecule has 2 amide bonds. The van der Waals surface area contributed by atoms with Crippen molar-refractivity contribution in [2.75, 3.05) is 39.3 Å². The normalized spacial score (nSPS) is 17.7. The molecular weight excluding hydrogens is 462 g/mol. The lowest BCUT2D eigenvalue weighted by molar-refractivity contribution is 0.0584. The summed E-state index contributed by atoms with van der Waals surface area (Å²) in [6.07, 6.45) is 0. The number of hydrogen-bond acceptors (Lipinski definition) is 5. The van der Waals surface area contributed by atoms with Crippen LogP contribution in [0.1, 0.15) is 20.7 Å². The molecule has 0 atom stereocenters. The van der Waals surface area contributed by atoms with Gasteiger partial charge in [0.25, 0.3) is 11.8 Å². The van der Waals surface area contributed by atoms with Crippen molar-refractivity contribution < 1.29 is 18.0 Å². The second-order valence-corrected chi connectivity index (χ2v) is 10.5. The van der Waals surface area contributed by atoms with Gasteiger partial charge in [0.05, 0.1) is 4.90 Å². The molecule has 170 valence electrons. The van der Waals surface area contributed by atoms with Crippen LogP contribution in [0, 0.1) is 0 Å². The van der Waals surface area contributed by atoms with Gasteiger partial charge >= 0.3 is 0 Å². The molecule has 5 rings (SSSR count). The van der Waals surface area contributed by atoms with Gasteiger partial charge < -0.3 is 0 Å². The highest BCUT2D eigenvalue weighted by atomic mass is 35.5. The van der Waals surface area contributed by atoms with Crippen LogP contribution < -0.4 is 0 Å². The number of amides is 2. The van der Waals surface area contributed by atoms with E-state index in [1.807, 2.05) is 24.3 Å². The lowest BCUT2D eigenvalue weighted by Crippen LogP contribution is -2.51. The molecule has 3 aromatic carbocycles. The number of hydrogen-bond donors (Lipinski definition) is 0. The first-order valence-corrected chi connectivity index (χ1v) is 12.5. The summed E-state index contributed by atoms with van der Waals surface area (Å²) in [5.41, 5.74) is 1.09. The van der Waals surface area contributed by atoms with Gasteiger partial charge in [0, 0.05) is 60.8 Å². The second-order valence-electron chi connectivity index (χ2n) is 8.17. The lowest BCUT2D eigenvalue weighted by atomic mass is 9.94. The lowest BCUT2D eigenvalue weighted by Gasteiger charge is -2.35. The van der Waals surface area contributed by atoms with E-state index in [1.165, 1.54) is 21.3 Å². The fraction of sp³-hybridized carbons (Fsp3) is 0.250. The number of sulfonamides is 1. The van der Waals surface area contributed by atoms with E-state index in [0.29, 0.717) is 54.3 Å². The summed E-state index contributed by atoms with van der Waals surface area (Å²) in [5, 5.41) is 2.08. The first-order chi connectivity index (χ1) is 15.9. The van der Waals surface area contributed by atoms with Gasteiger partial charge in [0.2, 0.25) is 10.0 Å². The third-order valence-electron chi connectivity index (χ3n) is 6.28. The Morgan fingerprint density at radius 1 is 0.758 bits per heavy atom. The number of piperazine rings is 1. The average molecular weight is 484 g/mol. The van der Waals surface area contributed by atoms with Crippen LogP contribution in [0.4, 0.5) is 0 Å². The molecule has 0 unspecified atom stereocenters. The Morgan fingerprint density at radius 2 is 1.33 bits per heavy atom. The highest BCUT2D eigenvalue weighted by Gasteiger charge is 2.33. The second kappa shape index (κ2) is 8.53. The molecule has 1 fully saturated rings. The van der Waals surface area contributed by atoms with Crippen LogP contribution in [0.15, 0.2) is 65.6 Å². The van der Waals surface area contributed by atoms with E-state index in [4.69, 9.17) is 11.6 Å². The van der Waals surface area contributed by atoms with Crippen LogP contribution in [-0.4, -0.2) is 73.6 Å². The van der Waals surface area contributed by atoms with E-state index in [0.717, 1.165) is 5.39 Å². The zero-order valence-electron chi connectivity index (χ0n) is 17.8. The van der Waals surface area contributed by atoms with Crippen LogP contribution in [0.25, 0.3) is 10.8 Å². The van der Waals surface area contributed by atoms with Gasteiger partial charge in [-0.25, -0.2) is 8.42 Å². The summed E-state index contributed by atoms with van der Waals surface area (Å²) >= 11 is 5.87.